The van der Waals surface area contributed by atoms with E-state index in [1.807, 2.05) is 0 Å². The average molecular weight is 352 g/mol. The lowest BCUT2D eigenvalue weighted by Crippen LogP contribution is -2.43. The molecule has 2 heterocycles. The van der Waals surface area contributed by atoms with Gasteiger partial charge in [-0.2, -0.15) is 0 Å². The number of anilines is 1. The van der Waals surface area contributed by atoms with Crippen molar-refractivity contribution in [1.29, 1.82) is 0 Å². The van der Waals surface area contributed by atoms with Crippen LogP contribution in [0.2, 0.25) is 0 Å². The second kappa shape index (κ2) is 5.53. The van der Waals surface area contributed by atoms with Crippen molar-refractivity contribution in [3.8, 4) is 0 Å². The summed E-state index contributed by atoms with van der Waals surface area (Å²) in [6.07, 6.45) is 6.73. The van der Waals surface area contributed by atoms with Crippen LogP contribution in [0.5, 0.6) is 0 Å². The molecule has 0 bridgehead atoms. The molecular weight excluding hydrogens is 331 g/mol. The van der Waals surface area contributed by atoms with Crippen molar-refractivity contribution in [2.75, 3.05) is 11.4 Å². The SMILES string of the molecule is O=C(c1cc2c([nH]c1=O)CCCC2)N1CC2(CCC2)c2c(F)cccc21. The quantitative estimate of drug-likeness (QED) is 0.854. The summed E-state index contributed by atoms with van der Waals surface area (Å²) in [5.41, 5.74) is 2.90. The van der Waals surface area contributed by atoms with Gasteiger partial charge in [0.05, 0.1) is 5.69 Å². The van der Waals surface area contributed by atoms with Gasteiger partial charge >= 0.3 is 0 Å². The van der Waals surface area contributed by atoms with E-state index in [0.29, 0.717) is 17.8 Å². The van der Waals surface area contributed by atoms with E-state index in [4.69, 9.17) is 0 Å². The Balaban J connectivity index is 1.59. The average Bonchev–Trinajstić information content (AvgIpc) is 2.98. The van der Waals surface area contributed by atoms with Crippen LogP contribution in [0.15, 0.2) is 29.1 Å². The highest BCUT2D eigenvalue weighted by Crippen LogP contribution is 2.53. The minimum Gasteiger partial charge on any atom is -0.325 e. The predicted octanol–water partition coefficient (Wildman–Crippen LogP) is 3.47. The lowest BCUT2D eigenvalue weighted by Gasteiger charge is -2.39. The molecule has 0 saturated heterocycles. The maximum Gasteiger partial charge on any atom is 0.263 e. The van der Waals surface area contributed by atoms with E-state index >= 15 is 0 Å². The van der Waals surface area contributed by atoms with Crippen LogP contribution in [-0.4, -0.2) is 17.4 Å². The number of hydrogen-bond donors (Lipinski definition) is 1. The minimum atomic E-state index is -0.330. The smallest absolute Gasteiger partial charge is 0.263 e. The summed E-state index contributed by atoms with van der Waals surface area (Å²) in [6, 6.07) is 6.68. The molecule has 5 rings (SSSR count). The lowest BCUT2D eigenvalue weighted by atomic mass is 9.65. The number of benzene rings is 1. The van der Waals surface area contributed by atoms with Crippen molar-refractivity contribution in [3.05, 3.63) is 62.8 Å². The van der Waals surface area contributed by atoms with Crippen LogP contribution in [0.4, 0.5) is 10.1 Å². The van der Waals surface area contributed by atoms with Gasteiger partial charge < -0.3 is 9.88 Å². The fourth-order valence-electron chi connectivity index (χ4n) is 4.90. The Hall–Kier alpha value is -2.43. The standard InChI is InChI=1S/C21H21FN2O2/c22-15-6-3-8-17-18(15)21(9-4-10-21)12-24(17)20(26)14-11-13-5-1-2-7-16(13)23-19(14)25/h3,6,8,11H,1-2,4-5,7,9-10,12H2,(H,23,25). The molecule has 26 heavy (non-hydrogen) atoms. The first-order valence-corrected chi connectivity index (χ1v) is 9.45. The number of carbonyl (C=O) groups is 1. The van der Waals surface area contributed by atoms with Crippen LogP contribution in [0.25, 0.3) is 0 Å². The summed E-state index contributed by atoms with van der Waals surface area (Å²) < 4.78 is 14.5. The molecule has 1 amide bonds. The monoisotopic (exact) mass is 352 g/mol. The van der Waals surface area contributed by atoms with Crippen molar-refractivity contribution in [1.82, 2.24) is 4.98 Å². The van der Waals surface area contributed by atoms with Gasteiger partial charge in [-0.3, -0.25) is 9.59 Å². The number of H-pyrrole nitrogens is 1. The zero-order valence-corrected chi connectivity index (χ0v) is 14.6. The molecule has 1 aliphatic heterocycles. The highest BCUT2D eigenvalue weighted by molar-refractivity contribution is 6.07. The zero-order chi connectivity index (χ0) is 17.9. The highest BCUT2D eigenvalue weighted by Gasteiger charge is 2.50. The molecule has 2 aliphatic carbocycles. The van der Waals surface area contributed by atoms with Crippen LogP contribution >= 0.6 is 0 Å². The van der Waals surface area contributed by atoms with Gasteiger partial charge in [-0.1, -0.05) is 12.5 Å². The first kappa shape index (κ1) is 15.8. The second-order valence-electron chi connectivity index (χ2n) is 7.88. The number of aryl methyl sites for hydroxylation is 2. The number of rotatable bonds is 1. The van der Waals surface area contributed by atoms with Crippen LogP contribution in [-0.2, 0) is 18.3 Å². The van der Waals surface area contributed by atoms with Gasteiger partial charge in [0, 0.05) is 23.2 Å². The Morgan fingerprint density at radius 2 is 1.96 bits per heavy atom. The zero-order valence-electron chi connectivity index (χ0n) is 14.6. The van der Waals surface area contributed by atoms with Gasteiger partial charge in [-0.25, -0.2) is 4.39 Å². The number of nitrogens with one attached hydrogen (secondary N) is 1. The van der Waals surface area contributed by atoms with E-state index in [2.05, 4.69) is 4.98 Å². The van der Waals surface area contributed by atoms with E-state index in [1.54, 1.807) is 23.1 Å². The molecule has 4 nitrogen and oxygen atoms in total. The number of nitrogens with zero attached hydrogens (tertiary/aromatic N) is 1. The van der Waals surface area contributed by atoms with E-state index in [-0.39, 0.29) is 28.3 Å². The number of pyridine rings is 1. The molecule has 0 radical (unpaired) electrons. The molecule has 1 aromatic carbocycles. The molecule has 1 N–H and O–H groups in total. The summed E-state index contributed by atoms with van der Waals surface area (Å²) >= 11 is 0. The van der Waals surface area contributed by atoms with Crippen LogP contribution in [0.3, 0.4) is 0 Å². The van der Waals surface area contributed by atoms with Gasteiger partial charge in [0.1, 0.15) is 11.4 Å². The van der Waals surface area contributed by atoms with E-state index in [9.17, 15) is 14.0 Å². The third-order valence-corrected chi connectivity index (χ3v) is 6.40. The molecular formula is C21H21FN2O2. The van der Waals surface area contributed by atoms with Crippen LogP contribution in [0, 0.1) is 5.82 Å². The number of hydrogen-bond acceptors (Lipinski definition) is 2. The topological polar surface area (TPSA) is 53.2 Å². The summed E-state index contributed by atoms with van der Waals surface area (Å²) in [6.45, 7) is 0.471. The molecule has 0 unspecified atom stereocenters. The number of aromatic nitrogens is 1. The highest BCUT2D eigenvalue weighted by atomic mass is 19.1. The van der Waals surface area contributed by atoms with Gasteiger partial charge in [-0.15, -0.1) is 0 Å². The molecule has 1 aromatic heterocycles. The van der Waals surface area contributed by atoms with Gasteiger partial charge in [0.25, 0.3) is 11.5 Å². The Morgan fingerprint density at radius 1 is 1.15 bits per heavy atom. The lowest BCUT2D eigenvalue weighted by molar-refractivity contribution is 0.0977. The minimum absolute atomic E-state index is 0.178. The maximum atomic E-state index is 14.5. The van der Waals surface area contributed by atoms with Gasteiger partial charge in [-0.05, 0) is 62.3 Å². The largest absolute Gasteiger partial charge is 0.325 e. The Morgan fingerprint density at radius 3 is 2.73 bits per heavy atom. The second-order valence-corrected chi connectivity index (χ2v) is 7.88. The number of carbonyl (C=O) groups excluding carboxylic acids is 1. The normalized spacial score (nSPS) is 19.8. The molecule has 0 atom stereocenters. The summed E-state index contributed by atoms with van der Waals surface area (Å²) in [7, 11) is 0. The molecule has 3 aliphatic rings. The van der Waals surface area contributed by atoms with Gasteiger partial charge in [0.2, 0.25) is 0 Å². The first-order valence-electron chi connectivity index (χ1n) is 9.45. The van der Waals surface area contributed by atoms with E-state index in [1.165, 1.54) is 6.07 Å². The van der Waals surface area contributed by atoms with Gasteiger partial charge in [0.15, 0.2) is 0 Å². The fraction of sp³-hybridized carbons (Fsp3) is 0.429. The van der Waals surface area contributed by atoms with Crippen LogP contribution in [0.1, 0.15) is 59.3 Å². The van der Waals surface area contributed by atoms with Crippen molar-refractivity contribution in [2.24, 2.45) is 0 Å². The number of halogens is 1. The Labute approximate surface area is 151 Å². The summed E-state index contributed by atoms with van der Waals surface area (Å²) in [4.78, 5) is 30.3. The van der Waals surface area contributed by atoms with Crippen molar-refractivity contribution in [2.45, 2.75) is 50.4 Å². The van der Waals surface area contributed by atoms with Crippen molar-refractivity contribution in [3.63, 3.8) is 0 Å². The first-order chi connectivity index (χ1) is 12.6. The molecule has 1 spiro atoms. The third kappa shape index (κ3) is 2.12. The van der Waals surface area contributed by atoms with E-state index < -0.39 is 0 Å². The fourth-order valence-corrected chi connectivity index (χ4v) is 4.90. The molecule has 1 saturated carbocycles. The maximum absolute atomic E-state index is 14.5. The molecule has 1 fully saturated rings. The molecule has 2 aromatic rings. The summed E-state index contributed by atoms with van der Waals surface area (Å²) in [5, 5.41) is 0. The van der Waals surface area contributed by atoms with E-state index in [0.717, 1.165) is 56.2 Å². The third-order valence-electron chi connectivity index (χ3n) is 6.40. The molecule has 5 heteroatoms. The number of aromatic amines is 1. The van der Waals surface area contributed by atoms with Crippen molar-refractivity contribution >= 4 is 11.6 Å². The van der Waals surface area contributed by atoms with Crippen molar-refractivity contribution < 1.29 is 9.18 Å². The molecule has 134 valence electrons. The Bertz CT molecular complexity index is 974. The predicted molar refractivity (Wildman–Crippen MR) is 97.3 cm³/mol. The number of fused-ring (bicyclic) bond motifs is 3. The number of amides is 1. The summed E-state index contributed by atoms with van der Waals surface area (Å²) in [5.74, 6) is -0.549. The Kier molecular flexibility index (Phi) is 3.36. The van der Waals surface area contributed by atoms with Crippen LogP contribution < -0.4 is 10.5 Å².